The van der Waals surface area contributed by atoms with Gasteiger partial charge in [0.05, 0.1) is 0 Å². The van der Waals surface area contributed by atoms with Gasteiger partial charge in [0, 0.05) is 24.1 Å². The second kappa shape index (κ2) is 16.9. The Bertz CT molecular complexity index is 1260. The molecule has 44 heavy (non-hydrogen) atoms. The van der Waals surface area contributed by atoms with Crippen LogP contribution >= 0.6 is 21.6 Å². The molecule has 0 bridgehead atoms. The Labute approximate surface area is 254 Å². The van der Waals surface area contributed by atoms with Crippen LogP contribution in [0.2, 0.25) is 0 Å². The molecule has 1 aliphatic rings. The van der Waals surface area contributed by atoms with E-state index >= 15 is 0 Å². The number of hydrogen-bond acceptors (Lipinski definition) is 15. The minimum absolute atomic E-state index is 0.0593. The normalized spacial score (nSPS) is 20.2. The number of amides is 2. The Morgan fingerprint density at radius 3 is 2.55 bits per heavy atom. The number of carbonyl (C=O) groups excluding carboxylic acids is 3. The van der Waals surface area contributed by atoms with E-state index in [-0.39, 0.29) is 36.8 Å². The summed E-state index contributed by atoms with van der Waals surface area (Å²) in [6.07, 6.45) is -7.25. The summed E-state index contributed by atoms with van der Waals surface area (Å²) in [6.45, 7) is -1.79. The van der Waals surface area contributed by atoms with E-state index in [2.05, 4.69) is 15.6 Å². The fourth-order valence-corrected chi connectivity index (χ4v) is 5.37. The second-order valence-electron chi connectivity index (χ2n) is 8.92. The molecule has 1 fully saturated rings. The number of hydrogen-bond donors (Lipinski definition) is 7. The average molecular weight is 673 g/mol. The molecule has 1 aliphatic heterocycles. The summed E-state index contributed by atoms with van der Waals surface area (Å²) in [6, 6.07) is -1.40. The molecule has 18 nitrogen and oxygen atoms in total. The SMILES string of the molecule is Nc1ccn(C2OC(COC(=O)OCCSSCC(NC(=O)CCC(N)C(=O)O)C(=O)NCC(=O)O)C(O)C2(F)F)c(=O)n1. The zero-order valence-corrected chi connectivity index (χ0v) is 24.3. The molecule has 5 unspecified atom stereocenters. The van der Waals surface area contributed by atoms with Gasteiger partial charge in [-0.2, -0.15) is 13.8 Å². The topological polar surface area (TPSA) is 285 Å². The molecular weight excluding hydrogens is 642 g/mol. The van der Waals surface area contributed by atoms with E-state index in [9.17, 15) is 42.7 Å². The van der Waals surface area contributed by atoms with Gasteiger partial charge >= 0.3 is 29.7 Å². The van der Waals surface area contributed by atoms with Crippen LogP contribution in [0.3, 0.4) is 0 Å². The fourth-order valence-electron chi connectivity index (χ4n) is 3.38. The summed E-state index contributed by atoms with van der Waals surface area (Å²) in [5.41, 5.74) is 9.54. The van der Waals surface area contributed by atoms with Crippen molar-refractivity contribution in [3.63, 3.8) is 0 Å². The van der Waals surface area contributed by atoms with Crippen molar-refractivity contribution >= 4 is 57.3 Å². The largest absolute Gasteiger partial charge is 0.508 e. The number of nitrogens with zero attached hydrogens (tertiary/aromatic N) is 2. The highest BCUT2D eigenvalue weighted by molar-refractivity contribution is 8.76. The minimum atomic E-state index is -3.94. The predicted molar refractivity (Wildman–Crippen MR) is 147 cm³/mol. The van der Waals surface area contributed by atoms with E-state index < -0.39 is 85.2 Å². The first kappa shape index (κ1) is 36.5. The molecular formula is C22H30F2N6O12S2. The van der Waals surface area contributed by atoms with E-state index in [1.54, 1.807) is 0 Å². The lowest BCUT2D eigenvalue weighted by Gasteiger charge is -2.20. The molecule has 2 rings (SSSR count). The number of aromatic nitrogens is 2. The minimum Gasteiger partial charge on any atom is -0.480 e. The highest BCUT2D eigenvalue weighted by atomic mass is 33.1. The van der Waals surface area contributed by atoms with Crippen molar-refractivity contribution in [2.75, 3.05) is 37.0 Å². The molecule has 1 aromatic rings. The van der Waals surface area contributed by atoms with Gasteiger partial charge in [0.15, 0.2) is 6.10 Å². The molecule has 1 aromatic heterocycles. The predicted octanol–water partition coefficient (Wildman–Crippen LogP) is -1.87. The number of nitrogens with two attached hydrogens (primary N) is 2. The number of anilines is 1. The van der Waals surface area contributed by atoms with Crippen molar-refractivity contribution in [3.8, 4) is 0 Å². The van der Waals surface area contributed by atoms with Crippen LogP contribution in [0.25, 0.3) is 0 Å². The number of carboxylic acid groups (broad SMARTS) is 2. The van der Waals surface area contributed by atoms with Crippen molar-refractivity contribution < 1.29 is 62.3 Å². The lowest BCUT2D eigenvalue weighted by molar-refractivity contribution is -0.141. The van der Waals surface area contributed by atoms with Gasteiger partial charge in [-0.1, -0.05) is 21.6 Å². The van der Waals surface area contributed by atoms with Crippen molar-refractivity contribution in [1.29, 1.82) is 0 Å². The van der Waals surface area contributed by atoms with Crippen molar-refractivity contribution in [2.24, 2.45) is 5.73 Å². The second-order valence-corrected chi connectivity index (χ2v) is 11.5. The summed E-state index contributed by atoms with van der Waals surface area (Å²) in [5.74, 6) is -8.22. The lowest BCUT2D eigenvalue weighted by Crippen LogP contribution is -2.49. The third-order valence-corrected chi connectivity index (χ3v) is 8.00. The first-order valence-corrected chi connectivity index (χ1v) is 15.0. The number of aliphatic hydroxyl groups is 1. The summed E-state index contributed by atoms with van der Waals surface area (Å²) in [4.78, 5) is 73.1. The zero-order chi connectivity index (χ0) is 33.0. The Hall–Kier alpha value is -3.73. The van der Waals surface area contributed by atoms with E-state index in [1.807, 2.05) is 0 Å². The number of halogens is 2. The third kappa shape index (κ3) is 11.1. The molecule has 2 amide bonds. The summed E-state index contributed by atoms with van der Waals surface area (Å²) in [5, 5.41) is 32.0. The van der Waals surface area contributed by atoms with E-state index in [1.165, 1.54) is 0 Å². The molecule has 2 heterocycles. The van der Waals surface area contributed by atoms with E-state index in [0.717, 1.165) is 33.9 Å². The van der Waals surface area contributed by atoms with Crippen LogP contribution in [0.5, 0.6) is 0 Å². The Morgan fingerprint density at radius 2 is 1.91 bits per heavy atom. The molecule has 0 aliphatic carbocycles. The van der Waals surface area contributed by atoms with Crippen molar-refractivity contribution in [3.05, 3.63) is 22.7 Å². The standard InChI is InChI=1S/C22H30F2N6O12S2/c23-22(24)16(34)12(42-19(22)30-4-3-13(26)29-20(30)38)8-41-21(39)40-5-6-43-44-9-11(17(35)27-7-15(32)33)28-14(31)2-1-10(25)18(36)37/h3-4,10-12,16,19,34H,1-2,5-9,25H2,(H,27,35)(H,28,31)(H,32,33)(H,36,37)(H2,26,29,38). The monoisotopic (exact) mass is 672 g/mol. The Kier molecular flexibility index (Phi) is 14.0. The number of nitrogens with one attached hydrogen (secondary N) is 2. The highest BCUT2D eigenvalue weighted by Crippen LogP contribution is 2.42. The van der Waals surface area contributed by atoms with Gasteiger partial charge in [-0.25, -0.2) is 9.59 Å². The van der Waals surface area contributed by atoms with Crippen molar-refractivity contribution in [2.45, 2.75) is 49.3 Å². The van der Waals surface area contributed by atoms with E-state index in [4.69, 9.17) is 35.9 Å². The maximum absolute atomic E-state index is 14.5. The maximum atomic E-state index is 14.5. The molecule has 22 heteroatoms. The van der Waals surface area contributed by atoms with Crippen LogP contribution in [0.1, 0.15) is 19.1 Å². The molecule has 0 spiro atoms. The number of alkyl halides is 2. The number of ether oxygens (including phenoxy) is 3. The highest BCUT2D eigenvalue weighted by Gasteiger charge is 2.60. The van der Waals surface area contributed by atoms with Crippen LogP contribution in [-0.2, 0) is 33.4 Å². The van der Waals surface area contributed by atoms with E-state index in [0.29, 0.717) is 4.57 Å². The van der Waals surface area contributed by atoms with Gasteiger partial charge in [0.25, 0.3) is 0 Å². The summed E-state index contributed by atoms with van der Waals surface area (Å²) < 4.78 is 44.1. The maximum Gasteiger partial charge on any atom is 0.508 e. The number of carbonyl (C=O) groups is 5. The third-order valence-electron chi connectivity index (χ3n) is 5.62. The molecule has 0 saturated carbocycles. The number of rotatable bonds is 17. The number of aliphatic carboxylic acids is 2. The van der Waals surface area contributed by atoms with Gasteiger partial charge in [-0.05, 0) is 12.5 Å². The molecule has 0 radical (unpaired) electrons. The van der Waals surface area contributed by atoms with Gasteiger partial charge in [0.2, 0.25) is 18.0 Å². The molecule has 246 valence electrons. The summed E-state index contributed by atoms with van der Waals surface area (Å²) >= 11 is 0. The number of aliphatic hydroxyl groups excluding tert-OH is 1. The summed E-state index contributed by atoms with van der Waals surface area (Å²) in [7, 11) is 2.13. The van der Waals surface area contributed by atoms with Crippen molar-refractivity contribution in [1.82, 2.24) is 20.2 Å². The van der Waals surface area contributed by atoms with Crippen LogP contribution in [0.4, 0.5) is 19.4 Å². The van der Waals surface area contributed by atoms with Gasteiger partial charge in [-0.3, -0.25) is 23.7 Å². The van der Waals surface area contributed by atoms with Crippen LogP contribution < -0.4 is 27.8 Å². The van der Waals surface area contributed by atoms with Crippen LogP contribution in [0.15, 0.2) is 17.1 Å². The van der Waals surface area contributed by atoms with Gasteiger partial charge in [0.1, 0.15) is 43.8 Å². The number of carboxylic acids is 2. The molecule has 9 N–H and O–H groups in total. The Morgan fingerprint density at radius 1 is 1.20 bits per heavy atom. The molecule has 0 aromatic carbocycles. The lowest BCUT2D eigenvalue weighted by atomic mass is 10.1. The molecule has 1 saturated heterocycles. The van der Waals surface area contributed by atoms with Gasteiger partial charge < -0.3 is 51.6 Å². The van der Waals surface area contributed by atoms with Crippen LogP contribution in [0, 0.1) is 0 Å². The Balaban J connectivity index is 1.76. The zero-order valence-electron chi connectivity index (χ0n) is 22.6. The smallest absolute Gasteiger partial charge is 0.480 e. The van der Waals surface area contributed by atoms with Crippen LogP contribution in [-0.4, -0.2) is 116 Å². The first-order valence-electron chi connectivity index (χ1n) is 12.5. The number of nitrogen functional groups attached to an aromatic ring is 1. The quantitative estimate of drug-likeness (QED) is 0.0542. The first-order chi connectivity index (χ1) is 20.6. The van der Waals surface area contributed by atoms with Gasteiger partial charge in [-0.15, -0.1) is 0 Å². The molecule has 5 atom stereocenters. The average Bonchev–Trinajstić information content (AvgIpc) is 3.17. The fraction of sp³-hybridized carbons (Fsp3) is 0.591.